The number of aromatic hydroxyl groups is 1. The third-order valence-corrected chi connectivity index (χ3v) is 5.23. The van der Waals surface area contributed by atoms with Crippen molar-refractivity contribution in [3.05, 3.63) is 43.7 Å². The summed E-state index contributed by atoms with van der Waals surface area (Å²) >= 11 is 10.1. The van der Waals surface area contributed by atoms with Crippen LogP contribution in [-0.2, 0) is 4.79 Å². The average molecular weight is 562 g/mol. The van der Waals surface area contributed by atoms with Crippen molar-refractivity contribution in [2.24, 2.45) is 10.2 Å². The van der Waals surface area contributed by atoms with Crippen molar-refractivity contribution in [1.82, 2.24) is 4.98 Å². The predicted octanol–water partition coefficient (Wildman–Crippen LogP) is 5.86. The molecular weight excluding hydrogens is 550 g/mol. The molecule has 1 amide bonds. The molecule has 10 heteroatoms. The molecule has 0 aliphatic heterocycles. The number of fused-ring (bicyclic) bond motifs is 1. The summed E-state index contributed by atoms with van der Waals surface area (Å²) in [7, 11) is 1.56. The normalized spacial score (nSPS) is 11.3. The topological polar surface area (TPSA) is 96.3 Å². The second-order valence-electron chi connectivity index (χ2n) is 5.31. The first-order valence-corrected chi connectivity index (χ1v) is 9.87. The Labute approximate surface area is 179 Å². The number of nitrogens with zero attached hydrogens (tertiary/aromatic N) is 2. The van der Waals surface area contributed by atoms with E-state index in [0.717, 1.165) is 8.95 Å². The summed E-state index contributed by atoms with van der Waals surface area (Å²) in [5.41, 5.74) is 0.821. The Balaban J connectivity index is 1.74. The van der Waals surface area contributed by atoms with E-state index in [1.165, 1.54) is 0 Å². The second-order valence-corrected chi connectivity index (χ2v) is 7.94. The number of methoxy groups -OCH3 is 1. The Hall–Kier alpha value is -1.91. The molecule has 0 radical (unpaired) electrons. The molecule has 0 atom stereocenters. The molecule has 140 valence electrons. The maximum atomic E-state index is 12.0. The molecule has 0 spiro atoms. The smallest absolute Gasteiger partial charge is 0.302 e. The number of halogens is 3. The number of carbonyl (C=O) groups is 1. The van der Waals surface area contributed by atoms with Crippen LogP contribution in [0, 0.1) is 0 Å². The molecular formula is C17H12Br3N3O4. The number of azo groups is 1. The highest BCUT2D eigenvalue weighted by atomic mass is 79.9. The van der Waals surface area contributed by atoms with E-state index < -0.39 is 5.91 Å². The molecule has 0 fully saturated rings. The number of ether oxygens (including phenoxy) is 2. The highest BCUT2D eigenvalue weighted by Gasteiger charge is 2.14. The van der Waals surface area contributed by atoms with Crippen LogP contribution in [0.3, 0.4) is 0 Å². The van der Waals surface area contributed by atoms with Crippen molar-refractivity contribution in [3.8, 4) is 17.4 Å². The van der Waals surface area contributed by atoms with Crippen molar-refractivity contribution in [2.45, 2.75) is 0 Å². The van der Waals surface area contributed by atoms with Crippen LogP contribution in [0.1, 0.15) is 0 Å². The van der Waals surface area contributed by atoms with Gasteiger partial charge in [-0.3, -0.25) is 4.79 Å². The average Bonchev–Trinajstić information content (AvgIpc) is 2.94. The van der Waals surface area contributed by atoms with Gasteiger partial charge in [-0.1, -0.05) is 15.9 Å². The minimum absolute atomic E-state index is 0.172. The van der Waals surface area contributed by atoms with Gasteiger partial charge < -0.3 is 19.6 Å². The van der Waals surface area contributed by atoms with Crippen LogP contribution in [0.2, 0.25) is 0 Å². The van der Waals surface area contributed by atoms with Crippen molar-refractivity contribution in [2.75, 3.05) is 13.7 Å². The molecule has 1 aromatic heterocycles. The minimum Gasteiger partial charge on any atom is -0.497 e. The molecule has 1 heterocycles. The third-order valence-electron chi connectivity index (χ3n) is 3.53. The number of rotatable bonds is 5. The number of aromatic nitrogens is 1. The number of hydrogen-bond donors (Lipinski definition) is 2. The molecule has 0 saturated carbocycles. The second kappa shape index (κ2) is 8.41. The minimum atomic E-state index is -0.597. The van der Waals surface area contributed by atoms with Crippen molar-refractivity contribution in [1.29, 1.82) is 0 Å². The molecule has 2 aromatic carbocycles. The Bertz CT molecular complexity index is 1050. The number of aromatic amines is 1. The van der Waals surface area contributed by atoms with Gasteiger partial charge in [0.2, 0.25) is 5.88 Å². The van der Waals surface area contributed by atoms with Crippen LogP contribution in [0.4, 0.5) is 5.69 Å². The van der Waals surface area contributed by atoms with E-state index in [9.17, 15) is 9.90 Å². The van der Waals surface area contributed by atoms with E-state index in [4.69, 9.17) is 9.47 Å². The van der Waals surface area contributed by atoms with Gasteiger partial charge in [-0.25, -0.2) is 0 Å². The molecule has 0 bridgehead atoms. The van der Waals surface area contributed by atoms with Gasteiger partial charge in [-0.2, -0.15) is 0 Å². The summed E-state index contributed by atoms with van der Waals surface area (Å²) in [5.74, 6) is 0.356. The van der Waals surface area contributed by atoms with E-state index in [2.05, 4.69) is 63.0 Å². The molecule has 7 nitrogen and oxygen atoms in total. The van der Waals surface area contributed by atoms with Gasteiger partial charge in [-0.05, 0) is 62.2 Å². The Morgan fingerprint density at radius 3 is 2.67 bits per heavy atom. The first-order valence-electron chi connectivity index (χ1n) is 7.49. The van der Waals surface area contributed by atoms with Crippen LogP contribution in [0.25, 0.3) is 10.9 Å². The highest BCUT2D eigenvalue weighted by molar-refractivity contribution is 9.11. The van der Waals surface area contributed by atoms with E-state index in [-0.39, 0.29) is 18.2 Å². The van der Waals surface area contributed by atoms with Gasteiger partial charge >= 0.3 is 5.91 Å². The Morgan fingerprint density at radius 1 is 1.19 bits per heavy atom. The maximum Gasteiger partial charge on any atom is 0.302 e. The standard InChI is InChI=1S/C17H12Br3N3O4/c1-26-9-2-3-13(11(19)6-9)27-7-14(24)22-23-16-10-4-8(18)5-12(20)15(10)21-17(16)25/h2-6,21,25H,7H2,1H3. The molecule has 0 unspecified atom stereocenters. The van der Waals surface area contributed by atoms with E-state index in [1.807, 2.05) is 6.07 Å². The summed E-state index contributed by atoms with van der Waals surface area (Å²) in [6, 6.07) is 8.70. The number of carbonyl (C=O) groups excluding carboxylic acids is 1. The molecule has 0 aliphatic carbocycles. The zero-order valence-corrected chi connectivity index (χ0v) is 18.6. The highest BCUT2D eigenvalue weighted by Crippen LogP contribution is 2.40. The summed E-state index contributed by atoms with van der Waals surface area (Å²) in [6.07, 6.45) is 0. The summed E-state index contributed by atoms with van der Waals surface area (Å²) in [4.78, 5) is 14.8. The van der Waals surface area contributed by atoms with Crippen LogP contribution in [0.5, 0.6) is 17.4 Å². The zero-order chi connectivity index (χ0) is 19.6. The van der Waals surface area contributed by atoms with Gasteiger partial charge in [0.1, 0.15) is 11.5 Å². The van der Waals surface area contributed by atoms with E-state index in [1.54, 1.807) is 31.4 Å². The fourth-order valence-corrected chi connectivity index (χ4v) is 4.09. The molecule has 2 N–H and O–H groups in total. The molecule has 0 saturated heterocycles. The first-order chi connectivity index (χ1) is 12.9. The monoisotopic (exact) mass is 559 g/mol. The Kier molecular flexibility index (Phi) is 6.18. The lowest BCUT2D eigenvalue weighted by molar-refractivity contribution is -0.120. The van der Waals surface area contributed by atoms with E-state index in [0.29, 0.717) is 26.9 Å². The van der Waals surface area contributed by atoms with Crippen LogP contribution in [0.15, 0.2) is 54.0 Å². The zero-order valence-electron chi connectivity index (χ0n) is 13.8. The quantitative estimate of drug-likeness (QED) is 0.381. The Morgan fingerprint density at radius 2 is 1.96 bits per heavy atom. The predicted molar refractivity (Wildman–Crippen MR) is 111 cm³/mol. The molecule has 3 aromatic rings. The van der Waals surface area contributed by atoms with Gasteiger partial charge in [0.05, 0.1) is 17.1 Å². The lowest BCUT2D eigenvalue weighted by atomic mass is 10.2. The number of hydrogen-bond acceptors (Lipinski definition) is 5. The van der Waals surface area contributed by atoms with Crippen molar-refractivity contribution >= 4 is 70.3 Å². The summed E-state index contributed by atoms with van der Waals surface area (Å²) in [6.45, 7) is -0.301. The number of H-pyrrole nitrogens is 1. The van der Waals surface area contributed by atoms with Crippen LogP contribution in [-0.4, -0.2) is 29.7 Å². The summed E-state index contributed by atoms with van der Waals surface area (Å²) < 4.78 is 12.7. The number of amides is 1. The van der Waals surface area contributed by atoms with Gasteiger partial charge in [-0.15, -0.1) is 10.2 Å². The first kappa shape index (κ1) is 19.8. The van der Waals surface area contributed by atoms with Gasteiger partial charge in [0.25, 0.3) is 0 Å². The molecule has 27 heavy (non-hydrogen) atoms. The van der Waals surface area contributed by atoms with Gasteiger partial charge in [0.15, 0.2) is 12.3 Å². The lowest BCUT2D eigenvalue weighted by Crippen LogP contribution is -2.08. The maximum absolute atomic E-state index is 12.0. The third kappa shape index (κ3) is 4.50. The fraction of sp³-hybridized carbons (Fsp3) is 0.118. The molecule has 0 aliphatic rings. The van der Waals surface area contributed by atoms with Crippen molar-refractivity contribution in [3.63, 3.8) is 0 Å². The number of benzene rings is 2. The van der Waals surface area contributed by atoms with Crippen molar-refractivity contribution < 1.29 is 19.4 Å². The van der Waals surface area contributed by atoms with E-state index >= 15 is 0 Å². The number of nitrogens with one attached hydrogen (secondary N) is 1. The van der Waals surface area contributed by atoms with Crippen LogP contribution >= 0.6 is 47.8 Å². The molecule has 3 rings (SSSR count). The largest absolute Gasteiger partial charge is 0.497 e. The lowest BCUT2D eigenvalue weighted by Gasteiger charge is -2.07. The van der Waals surface area contributed by atoms with Crippen LogP contribution < -0.4 is 9.47 Å². The van der Waals surface area contributed by atoms with Gasteiger partial charge in [0, 0.05) is 14.3 Å². The SMILES string of the molecule is COc1ccc(OCC(=O)N=Nc2c(O)[nH]c3c(Br)cc(Br)cc23)c(Br)c1. The summed E-state index contributed by atoms with van der Waals surface area (Å²) in [5, 5.41) is 18.2. The fourth-order valence-electron chi connectivity index (χ4n) is 2.29.